The van der Waals surface area contributed by atoms with E-state index < -0.39 is 0 Å². The molecule has 1 aromatic carbocycles. The van der Waals surface area contributed by atoms with Gasteiger partial charge in [-0.3, -0.25) is 4.99 Å². The maximum absolute atomic E-state index is 4.75. The van der Waals surface area contributed by atoms with Gasteiger partial charge >= 0.3 is 0 Å². The van der Waals surface area contributed by atoms with Gasteiger partial charge in [-0.25, -0.2) is 4.98 Å². The van der Waals surface area contributed by atoms with Gasteiger partial charge in [0, 0.05) is 25.7 Å². The highest BCUT2D eigenvalue weighted by Crippen LogP contribution is 2.17. The van der Waals surface area contributed by atoms with Crippen molar-refractivity contribution in [2.75, 3.05) is 13.1 Å². The maximum atomic E-state index is 4.75. The molecule has 0 amide bonds. The third-order valence-electron chi connectivity index (χ3n) is 4.64. The molecular formula is C19H29N5. The number of nitrogens with one attached hydrogen (secondary N) is 2. The number of nitrogens with zero attached hydrogens (tertiary/aromatic N) is 3. The fourth-order valence-electron chi connectivity index (χ4n) is 3.38. The topological polar surface area (TPSA) is 54.2 Å². The molecule has 1 aliphatic carbocycles. The van der Waals surface area contributed by atoms with Crippen molar-refractivity contribution in [2.45, 2.75) is 58.0 Å². The lowest BCUT2D eigenvalue weighted by Gasteiger charge is -2.24. The molecular weight excluding hydrogens is 298 g/mol. The van der Waals surface area contributed by atoms with Crippen LogP contribution in [0, 0.1) is 0 Å². The first kappa shape index (κ1) is 16.8. The highest BCUT2D eigenvalue weighted by molar-refractivity contribution is 5.80. The molecule has 0 radical (unpaired) electrons. The molecule has 0 unspecified atom stereocenters. The highest BCUT2D eigenvalue weighted by atomic mass is 15.2. The van der Waals surface area contributed by atoms with E-state index in [-0.39, 0.29) is 0 Å². The number of fused-ring (bicyclic) bond motifs is 1. The second-order valence-corrected chi connectivity index (χ2v) is 6.52. The quantitative estimate of drug-likeness (QED) is 0.486. The lowest BCUT2D eigenvalue weighted by Crippen LogP contribution is -2.44. The van der Waals surface area contributed by atoms with Crippen LogP contribution in [0.25, 0.3) is 11.0 Å². The number of aromatic nitrogens is 2. The van der Waals surface area contributed by atoms with Crippen LogP contribution in [-0.4, -0.2) is 34.6 Å². The average Bonchev–Trinajstić information content (AvgIpc) is 3.03. The molecule has 5 nitrogen and oxygen atoms in total. The molecule has 1 aromatic heterocycles. The molecule has 0 saturated heterocycles. The van der Waals surface area contributed by atoms with Gasteiger partial charge in [0.05, 0.1) is 17.4 Å². The van der Waals surface area contributed by atoms with Crippen LogP contribution in [0.3, 0.4) is 0 Å². The first-order valence-corrected chi connectivity index (χ1v) is 9.31. The second-order valence-electron chi connectivity index (χ2n) is 6.52. The smallest absolute Gasteiger partial charge is 0.191 e. The Hall–Kier alpha value is -2.04. The lowest BCUT2D eigenvalue weighted by molar-refractivity contribution is 0.410. The van der Waals surface area contributed by atoms with Crippen molar-refractivity contribution in [1.82, 2.24) is 20.2 Å². The normalized spacial score (nSPS) is 16.5. The number of benzene rings is 1. The van der Waals surface area contributed by atoms with Crippen molar-refractivity contribution in [3.8, 4) is 0 Å². The highest BCUT2D eigenvalue weighted by Gasteiger charge is 2.14. The van der Waals surface area contributed by atoms with Gasteiger partial charge in [0.15, 0.2) is 5.96 Å². The van der Waals surface area contributed by atoms with Gasteiger partial charge in [-0.05, 0) is 38.3 Å². The Morgan fingerprint density at radius 3 is 2.92 bits per heavy atom. The third-order valence-corrected chi connectivity index (χ3v) is 4.64. The van der Waals surface area contributed by atoms with E-state index in [0.717, 1.165) is 37.5 Å². The van der Waals surface area contributed by atoms with E-state index in [1.807, 2.05) is 12.4 Å². The summed E-state index contributed by atoms with van der Waals surface area (Å²) in [6.07, 6.45) is 9.54. The zero-order chi connectivity index (χ0) is 16.6. The number of hydrogen-bond donors (Lipinski definition) is 2. The predicted octanol–water partition coefficient (Wildman–Crippen LogP) is 3.31. The zero-order valence-corrected chi connectivity index (χ0v) is 14.7. The van der Waals surface area contributed by atoms with Crippen LogP contribution in [0.15, 0.2) is 35.6 Å². The lowest BCUT2D eigenvalue weighted by atomic mass is 9.96. The third kappa shape index (κ3) is 4.49. The standard InChI is InChI=1S/C19H29N5/c1-2-20-19(23-16-9-4-3-5-10-16)21-13-8-14-24-15-22-17-11-6-7-12-18(17)24/h6-7,11-12,15-16H,2-5,8-10,13-14H2,1H3,(H2,20,21,23). The van der Waals surface area contributed by atoms with Crippen LogP contribution in [-0.2, 0) is 6.54 Å². The van der Waals surface area contributed by atoms with Gasteiger partial charge in [0.2, 0.25) is 0 Å². The monoisotopic (exact) mass is 327 g/mol. The molecule has 3 rings (SSSR count). The van der Waals surface area contributed by atoms with Crippen molar-refractivity contribution >= 4 is 17.0 Å². The van der Waals surface area contributed by atoms with E-state index in [9.17, 15) is 0 Å². The Morgan fingerprint density at radius 2 is 2.08 bits per heavy atom. The number of aliphatic imine (C=N–C) groups is 1. The fraction of sp³-hybridized carbons (Fsp3) is 0.579. The average molecular weight is 327 g/mol. The molecule has 2 N–H and O–H groups in total. The number of imidazole rings is 1. The molecule has 1 fully saturated rings. The summed E-state index contributed by atoms with van der Waals surface area (Å²) < 4.78 is 2.21. The fourth-order valence-corrected chi connectivity index (χ4v) is 3.38. The van der Waals surface area contributed by atoms with Crippen LogP contribution < -0.4 is 10.6 Å². The van der Waals surface area contributed by atoms with Crippen molar-refractivity contribution in [3.63, 3.8) is 0 Å². The van der Waals surface area contributed by atoms with E-state index in [1.165, 1.54) is 37.6 Å². The molecule has 0 atom stereocenters. The molecule has 5 heteroatoms. The maximum Gasteiger partial charge on any atom is 0.191 e. The summed E-state index contributed by atoms with van der Waals surface area (Å²) in [5.41, 5.74) is 2.27. The van der Waals surface area contributed by atoms with Crippen LogP contribution >= 0.6 is 0 Å². The zero-order valence-electron chi connectivity index (χ0n) is 14.7. The SMILES string of the molecule is CCNC(=NCCCn1cnc2ccccc21)NC1CCCCC1. The van der Waals surface area contributed by atoms with Gasteiger partial charge in [0.1, 0.15) is 0 Å². The molecule has 0 aliphatic heterocycles. The van der Waals surface area contributed by atoms with Crippen molar-refractivity contribution in [1.29, 1.82) is 0 Å². The van der Waals surface area contributed by atoms with Gasteiger partial charge in [0.25, 0.3) is 0 Å². The van der Waals surface area contributed by atoms with E-state index in [4.69, 9.17) is 4.99 Å². The first-order chi connectivity index (χ1) is 11.9. The minimum Gasteiger partial charge on any atom is -0.357 e. The summed E-state index contributed by atoms with van der Waals surface area (Å²) in [5.74, 6) is 0.972. The summed E-state index contributed by atoms with van der Waals surface area (Å²) in [6.45, 7) is 4.81. The summed E-state index contributed by atoms with van der Waals surface area (Å²) in [5, 5.41) is 6.97. The molecule has 24 heavy (non-hydrogen) atoms. The van der Waals surface area contributed by atoms with E-state index in [1.54, 1.807) is 0 Å². The number of hydrogen-bond acceptors (Lipinski definition) is 2. The first-order valence-electron chi connectivity index (χ1n) is 9.31. The Bertz CT molecular complexity index is 655. The molecule has 1 saturated carbocycles. The molecule has 1 aliphatic rings. The van der Waals surface area contributed by atoms with Crippen LogP contribution in [0.5, 0.6) is 0 Å². The van der Waals surface area contributed by atoms with Gasteiger partial charge in [-0.2, -0.15) is 0 Å². The summed E-state index contributed by atoms with van der Waals surface area (Å²) in [7, 11) is 0. The van der Waals surface area contributed by atoms with Crippen LogP contribution in [0.2, 0.25) is 0 Å². The van der Waals surface area contributed by atoms with Crippen molar-refractivity contribution in [2.24, 2.45) is 4.99 Å². The summed E-state index contributed by atoms with van der Waals surface area (Å²) in [4.78, 5) is 9.19. The molecule has 1 heterocycles. The van der Waals surface area contributed by atoms with Gasteiger partial charge in [-0.1, -0.05) is 31.4 Å². The number of guanidine groups is 1. The van der Waals surface area contributed by atoms with Gasteiger partial charge < -0.3 is 15.2 Å². The number of para-hydroxylation sites is 2. The van der Waals surface area contributed by atoms with E-state index in [0.29, 0.717) is 6.04 Å². The second kappa shape index (κ2) is 8.71. The minimum atomic E-state index is 0.592. The van der Waals surface area contributed by atoms with E-state index >= 15 is 0 Å². The summed E-state index contributed by atoms with van der Waals surface area (Å²) in [6, 6.07) is 8.87. The minimum absolute atomic E-state index is 0.592. The Morgan fingerprint density at radius 1 is 1.25 bits per heavy atom. The number of aryl methyl sites for hydroxylation is 1. The van der Waals surface area contributed by atoms with E-state index in [2.05, 4.69) is 45.3 Å². The largest absolute Gasteiger partial charge is 0.357 e. The molecule has 0 bridgehead atoms. The predicted molar refractivity (Wildman–Crippen MR) is 100 cm³/mol. The molecule has 0 spiro atoms. The Labute approximate surface area is 144 Å². The van der Waals surface area contributed by atoms with Crippen molar-refractivity contribution in [3.05, 3.63) is 30.6 Å². The van der Waals surface area contributed by atoms with Gasteiger partial charge in [-0.15, -0.1) is 0 Å². The summed E-state index contributed by atoms with van der Waals surface area (Å²) >= 11 is 0. The Kier molecular flexibility index (Phi) is 6.10. The Balaban J connectivity index is 1.50. The van der Waals surface area contributed by atoms with Crippen LogP contribution in [0.1, 0.15) is 45.4 Å². The van der Waals surface area contributed by atoms with Crippen molar-refractivity contribution < 1.29 is 0 Å². The number of rotatable bonds is 6. The van der Waals surface area contributed by atoms with Crippen LogP contribution in [0.4, 0.5) is 0 Å². The molecule has 130 valence electrons. The molecule has 2 aromatic rings.